The second-order valence-corrected chi connectivity index (χ2v) is 6.38. The Morgan fingerprint density at radius 3 is 2.36 bits per heavy atom. The standard InChI is InChI=1S/C21H24N2O5/c1-14(2)15-7-9-18(10-8-15)27-13-20(25)28-12-19(24)23-17-6-4-5-16(11-17)21(26)22-3/h4-11,14H,12-13H2,1-3H3,(H,22,26)(H,23,24). The van der Waals surface area contributed by atoms with Crippen LogP contribution >= 0.6 is 0 Å². The van der Waals surface area contributed by atoms with Crippen LogP contribution in [0.15, 0.2) is 48.5 Å². The van der Waals surface area contributed by atoms with Crippen LogP contribution in [0.3, 0.4) is 0 Å². The lowest BCUT2D eigenvalue weighted by atomic mass is 10.0. The van der Waals surface area contributed by atoms with Crippen LogP contribution in [0.4, 0.5) is 5.69 Å². The Hall–Kier alpha value is -3.35. The zero-order chi connectivity index (χ0) is 20.5. The molecule has 0 bridgehead atoms. The van der Waals surface area contributed by atoms with Crippen molar-refractivity contribution >= 4 is 23.5 Å². The molecule has 0 aliphatic carbocycles. The van der Waals surface area contributed by atoms with E-state index in [1.54, 1.807) is 30.3 Å². The van der Waals surface area contributed by atoms with Gasteiger partial charge in [-0.05, 0) is 41.8 Å². The quantitative estimate of drug-likeness (QED) is 0.683. The molecule has 0 spiro atoms. The van der Waals surface area contributed by atoms with E-state index in [-0.39, 0.29) is 12.5 Å². The van der Waals surface area contributed by atoms with Crippen molar-refractivity contribution in [2.24, 2.45) is 0 Å². The van der Waals surface area contributed by atoms with Gasteiger partial charge in [0.05, 0.1) is 0 Å². The molecule has 2 aromatic carbocycles. The van der Waals surface area contributed by atoms with Crippen molar-refractivity contribution in [3.63, 3.8) is 0 Å². The van der Waals surface area contributed by atoms with Crippen LogP contribution in [0.5, 0.6) is 5.75 Å². The minimum Gasteiger partial charge on any atom is -0.482 e. The van der Waals surface area contributed by atoms with E-state index >= 15 is 0 Å². The zero-order valence-corrected chi connectivity index (χ0v) is 16.2. The lowest BCUT2D eigenvalue weighted by molar-refractivity contribution is -0.149. The molecule has 0 aliphatic heterocycles. The summed E-state index contributed by atoms with van der Waals surface area (Å²) in [4.78, 5) is 35.3. The molecule has 0 heterocycles. The molecule has 2 N–H and O–H groups in total. The van der Waals surface area contributed by atoms with E-state index in [0.29, 0.717) is 22.9 Å². The zero-order valence-electron chi connectivity index (χ0n) is 16.2. The fourth-order valence-corrected chi connectivity index (χ4v) is 2.36. The van der Waals surface area contributed by atoms with Crippen LogP contribution in [0.25, 0.3) is 0 Å². The molecule has 0 radical (unpaired) electrons. The van der Waals surface area contributed by atoms with Crippen molar-refractivity contribution in [1.29, 1.82) is 0 Å². The molecule has 0 saturated carbocycles. The highest BCUT2D eigenvalue weighted by atomic mass is 16.6. The monoisotopic (exact) mass is 384 g/mol. The van der Waals surface area contributed by atoms with E-state index in [0.717, 1.165) is 0 Å². The molecule has 28 heavy (non-hydrogen) atoms. The Morgan fingerprint density at radius 2 is 1.71 bits per heavy atom. The maximum atomic E-state index is 11.9. The number of carbonyl (C=O) groups excluding carboxylic acids is 3. The minimum atomic E-state index is -0.651. The maximum absolute atomic E-state index is 11.9. The molecule has 0 atom stereocenters. The van der Waals surface area contributed by atoms with Gasteiger partial charge in [0.25, 0.3) is 11.8 Å². The van der Waals surface area contributed by atoms with E-state index in [1.807, 2.05) is 12.1 Å². The summed E-state index contributed by atoms with van der Waals surface area (Å²) in [5.41, 5.74) is 2.02. The van der Waals surface area contributed by atoms with E-state index < -0.39 is 18.5 Å². The molecule has 0 unspecified atom stereocenters. The topological polar surface area (TPSA) is 93.7 Å². The molecule has 2 aromatic rings. The number of hydrogen-bond donors (Lipinski definition) is 2. The van der Waals surface area contributed by atoms with Crippen LogP contribution in [0.2, 0.25) is 0 Å². The number of carbonyl (C=O) groups is 3. The molecule has 148 valence electrons. The number of amides is 2. The highest BCUT2D eigenvalue weighted by Crippen LogP contribution is 2.18. The maximum Gasteiger partial charge on any atom is 0.344 e. The molecule has 0 fully saturated rings. The number of anilines is 1. The molecule has 0 aromatic heterocycles. The van der Waals surface area contributed by atoms with Gasteiger partial charge in [-0.3, -0.25) is 9.59 Å². The summed E-state index contributed by atoms with van der Waals surface area (Å²) in [6.07, 6.45) is 0. The third kappa shape index (κ3) is 6.42. The smallest absolute Gasteiger partial charge is 0.344 e. The second-order valence-electron chi connectivity index (χ2n) is 6.38. The Labute approximate surface area is 164 Å². The van der Waals surface area contributed by atoms with Crippen LogP contribution in [0, 0.1) is 0 Å². The number of hydrogen-bond acceptors (Lipinski definition) is 5. The first kappa shape index (κ1) is 21.0. The predicted molar refractivity (Wildman–Crippen MR) is 105 cm³/mol. The van der Waals surface area contributed by atoms with Gasteiger partial charge in [0, 0.05) is 18.3 Å². The summed E-state index contributed by atoms with van der Waals surface area (Å²) in [5, 5.41) is 5.07. The van der Waals surface area contributed by atoms with Gasteiger partial charge < -0.3 is 20.1 Å². The van der Waals surface area contributed by atoms with E-state index in [1.165, 1.54) is 18.7 Å². The van der Waals surface area contributed by atoms with Gasteiger partial charge in [-0.25, -0.2) is 4.79 Å². The van der Waals surface area contributed by atoms with Crippen LogP contribution in [0.1, 0.15) is 35.7 Å². The molecule has 2 rings (SSSR count). The van der Waals surface area contributed by atoms with Gasteiger partial charge in [-0.2, -0.15) is 0 Å². The van der Waals surface area contributed by atoms with Gasteiger partial charge in [-0.15, -0.1) is 0 Å². The Balaban J connectivity index is 1.76. The van der Waals surface area contributed by atoms with Gasteiger partial charge in [0.1, 0.15) is 5.75 Å². The van der Waals surface area contributed by atoms with Gasteiger partial charge in [0.15, 0.2) is 13.2 Å². The summed E-state index contributed by atoms with van der Waals surface area (Å²) in [5.74, 6) is -0.460. The average molecular weight is 384 g/mol. The van der Waals surface area contributed by atoms with E-state index in [9.17, 15) is 14.4 Å². The third-order valence-corrected chi connectivity index (χ3v) is 3.90. The lowest BCUT2D eigenvalue weighted by Crippen LogP contribution is -2.24. The fourth-order valence-electron chi connectivity index (χ4n) is 2.36. The fraction of sp³-hybridized carbons (Fsp3) is 0.286. The van der Waals surface area contributed by atoms with Crippen molar-refractivity contribution in [1.82, 2.24) is 5.32 Å². The first-order chi connectivity index (χ1) is 13.4. The van der Waals surface area contributed by atoms with Crippen molar-refractivity contribution in [2.75, 3.05) is 25.6 Å². The highest BCUT2D eigenvalue weighted by Gasteiger charge is 2.10. The normalized spacial score (nSPS) is 10.3. The molecular weight excluding hydrogens is 360 g/mol. The number of benzene rings is 2. The summed E-state index contributed by atoms with van der Waals surface area (Å²) in [7, 11) is 1.52. The van der Waals surface area contributed by atoms with E-state index in [4.69, 9.17) is 9.47 Å². The van der Waals surface area contributed by atoms with Gasteiger partial charge in [0.2, 0.25) is 0 Å². The molecule has 0 saturated heterocycles. The van der Waals surface area contributed by atoms with Gasteiger partial charge in [-0.1, -0.05) is 32.0 Å². The summed E-state index contributed by atoms with van der Waals surface area (Å²) in [6, 6.07) is 13.9. The van der Waals surface area contributed by atoms with Crippen molar-refractivity contribution < 1.29 is 23.9 Å². The molecule has 0 aliphatic rings. The van der Waals surface area contributed by atoms with Crippen LogP contribution < -0.4 is 15.4 Å². The largest absolute Gasteiger partial charge is 0.482 e. The first-order valence-electron chi connectivity index (χ1n) is 8.89. The van der Waals surface area contributed by atoms with Crippen LogP contribution in [-0.4, -0.2) is 38.0 Å². The van der Waals surface area contributed by atoms with E-state index in [2.05, 4.69) is 24.5 Å². The number of ether oxygens (including phenoxy) is 2. The predicted octanol–water partition coefficient (Wildman–Crippen LogP) is 2.73. The summed E-state index contributed by atoms with van der Waals surface area (Å²) < 4.78 is 10.3. The van der Waals surface area contributed by atoms with Crippen molar-refractivity contribution in [3.8, 4) is 5.75 Å². The van der Waals surface area contributed by atoms with Crippen molar-refractivity contribution in [2.45, 2.75) is 19.8 Å². The molecule has 7 nitrogen and oxygen atoms in total. The lowest BCUT2D eigenvalue weighted by Gasteiger charge is -2.10. The minimum absolute atomic E-state index is 0.263. The van der Waals surface area contributed by atoms with Gasteiger partial charge >= 0.3 is 5.97 Å². The van der Waals surface area contributed by atoms with Crippen LogP contribution in [-0.2, 0) is 14.3 Å². The molecular formula is C21H24N2O5. The average Bonchev–Trinajstić information content (AvgIpc) is 2.70. The first-order valence-corrected chi connectivity index (χ1v) is 8.89. The Morgan fingerprint density at radius 1 is 1.00 bits per heavy atom. The Bertz CT molecular complexity index is 831. The molecule has 2 amide bonds. The number of esters is 1. The third-order valence-electron chi connectivity index (χ3n) is 3.90. The Kier molecular flexibility index (Phi) is 7.56. The summed E-state index contributed by atoms with van der Waals surface area (Å²) in [6.45, 7) is 3.44. The number of nitrogens with one attached hydrogen (secondary N) is 2. The summed E-state index contributed by atoms with van der Waals surface area (Å²) >= 11 is 0. The molecule has 7 heteroatoms. The highest BCUT2D eigenvalue weighted by molar-refractivity contribution is 5.97. The number of rotatable bonds is 8. The van der Waals surface area contributed by atoms with Crippen molar-refractivity contribution in [3.05, 3.63) is 59.7 Å². The SMILES string of the molecule is CNC(=O)c1cccc(NC(=O)COC(=O)COc2ccc(C(C)C)cc2)c1. The second kappa shape index (κ2) is 10.1.